The van der Waals surface area contributed by atoms with Crippen LogP contribution in [0.2, 0.25) is 0 Å². The Morgan fingerprint density at radius 2 is 2.03 bits per heavy atom. The van der Waals surface area contributed by atoms with Crippen LogP contribution in [0, 0.1) is 5.92 Å². The summed E-state index contributed by atoms with van der Waals surface area (Å²) in [6, 6.07) is 13.0. The molecule has 3 heterocycles. The van der Waals surface area contributed by atoms with Crippen LogP contribution in [0.15, 0.2) is 48.7 Å². The molecule has 0 radical (unpaired) electrons. The van der Waals surface area contributed by atoms with Gasteiger partial charge in [0.25, 0.3) is 5.91 Å². The number of rotatable bonds is 7. The predicted molar refractivity (Wildman–Crippen MR) is 117 cm³/mol. The van der Waals surface area contributed by atoms with Crippen molar-refractivity contribution < 1.29 is 19.1 Å². The van der Waals surface area contributed by atoms with Gasteiger partial charge in [-0.3, -0.25) is 19.5 Å². The summed E-state index contributed by atoms with van der Waals surface area (Å²) in [6.45, 7) is 5.45. The molecule has 0 bridgehead atoms. The summed E-state index contributed by atoms with van der Waals surface area (Å²) in [6.07, 6.45) is 3.07. The van der Waals surface area contributed by atoms with E-state index in [1.165, 1.54) is 0 Å². The maximum absolute atomic E-state index is 13.4. The first-order chi connectivity index (χ1) is 15.0. The quantitative estimate of drug-likeness (QED) is 0.685. The second kappa shape index (κ2) is 9.47. The highest BCUT2D eigenvalue weighted by molar-refractivity contribution is 6.04. The van der Waals surface area contributed by atoms with Crippen LogP contribution in [-0.2, 0) is 20.9 Å². The maximum atomic E-state index is 13.4. The first kappa shape index (κ1) is 21.3. The highest BCUT2D eigenvalue weighted by atomic mass is 16.5. The molecule has 1 aromatic heterocycles. The third-order valence-electron chi connectivity index (χ3n) is 5.70. The number of aromatic nitrogens is 1. The van der Waals surface area contributed by atoms with Crippen LogP contribution in [0.1, 0.15) is 32.4 Å². The number of amides is 2. The van der Waals surface area contributed by atoms with Gasteiger partial charge in [0.1, 0.15) is 12.3 Å². The monoisotopic (exact) mass is 423 g/mol. The smallest absolute Gasteiger partial charge is 0.268 e. The molecule has 31 heavy (non-hydrogen) atoms. The predicted octanol–water partition coefficient (Wildman–Crippen LogP) is 3.04. The molecule has 0 unspecified atom stereocenters. The molecule has 0 spiro atoms. The molecule has 1 aromatic carbocycles. The lowest BCUT2D eigenvalue weighted by molar-refractivity contribution is -0.135. The Hall–Kier alpha value is -2.93. The lowest BCUT2D eigenvalue weighted by atomic mass is 10.0. The Labute approximate surface area is 183 Å². The van der Waals surface area contributed by atoms with E-state index in [1.807, 2.05) is 56.3 Å². The third kappa shape index (κ3) is 4.88. The number of carbonyl (C=O) groups excluding carboxylic acids is 2. The number of ether oxygens (including phenoxy) is 2. The average molecular weight is 424 g/mol. The lowest BCUT2D eigenvalue weighted by Gasteiger charge is -2.36. The summed E-state index contributed by atoms with van der Waals surface area (Å²) < 4.78 is 11.7. The van der Waals surface area contributed by atoms with E-state index in [-0.39, 0.29) is 30.4 Å². The van der Waals surface area contributed by atoms with Crippen molar-refractivity contribution in [1.29, 1.82) is 0 Å². The molecule has 4 rings (SSSR count). The first-order valence-corrected chi connectivity index (χ1v) is 10.9. The SMILES string of the molecule is CC(C)[C@H]1Oc2ccccc2N(CC(=O)N(Cc2ccccn2)C[C@@H]2CCCO2)C1=O. The molecule has 2 atom stereocenters. The Kier molecular flexibility index (Phi) is 6.51. The number of para-hydroxylation sites is 2. The van der Waals surface area contributed by atoms with E-state index in [0.717, 1.165) is 25.1 Å². The van der Waals surface area contributed by atoms with Crippen LogP contribution in [-0.4, -0.2) is 53.6 Å². The van der Waals surface area contributed by atoms with Crippen molar-refractivity contribution in [2.24, 2.45) is 5.92 Å². The van der Waals surface area contributed by atoms with Crippen molar-refractivity contribution in [2.75, 3.05) is 24.6 Å². The lowest BCUT2D eigenvalue weighted by Crippen LogP contribution is -2.52. The molecule has 0 saturated carbocycles. The van der Waals surface area contributed by atoms with Gasteiger partial charge in [-0.15, -0.1) is 0 Å². The van der Waals surface area contributed by atoms with E-state index in [0.29, 0.717) is 24.5 Å². The number of carbonyl (C=O) groups is 2. The van der Waals surface area contributed by atoms with Crippen LogP contribution >= 0.6 is 0 Å². The Balaban J connectivity index is 1.56. The van der Waals surface area contributed by atoms with Crippen molar-refractivity contribution in [3.05, 3.63) is 54.4 Å². The van der Waals surface area contributed by atoms with Gasteiger partial charge in [-0.05, 0) is 43.0 Å². The molecule has 1 fully saturated rings. The van der Waals surface area contributed by atoms with Gasteiger partial charge in [-0.25, -0.2) is 0 Å². The van der Waals surface area contributed by atoms with E-state index < -0.39 is 6.10 Å². The number of nitrogens with zero attached hydrogens (tertiary/aromatic N) is 3. The average Bonchev–Trinajstić information content (AvgIpc) is 3.28. The molecule has 7 heteroatoms. The van der Waals surface area contributed by atoms with Crippen LogP contribution in [0.3, 0.4) is 0 Å². The zero-order chi connectivity index (χ0) is 21.8. The topological polar surface area (TPSA) is 72.0 Å². The van der Waals surface area contributed by atoms with Crippen molar-refractivity contribution in [3.63, 3.8) is 0 Å². The summed E-state index contributed by atoms with van der Waals surface area (Å²) >= 11 is 0. The van der Waals surface area contributed by atoms with Gasteiger partial charge >= 0.3 is 0 Å². The van der Waals surface area contributed by atoms with E-state index in [1.54, 1.807) is 16.0 Å². The van der Waals surface area contributed by atoms with Crippen LogP contribution in [0.5, 0.6) is 5.75 Å². The maximum Gasteiger partial charge on any atom is 0.268 e. The van der Waals surface area contributed by atoms with Crippen LogP contribution < -0.4 is 9.64 Å². The summed E-state index contributed by atoms with van der Waals surface area (Å²) in [5.74, 6) is 0.310. The largest absolute Gasteiger partial charge is 0.478 e. The van der Waals surface area contributed by atoms with Crippen molar-refractivity contribution in [1.82, 2.24) is 9.88 Å². The Morgan fingerprint density at radius 3 is 2.74 bits per heavy atom. The fourth-order valence-corrected chi connectivity index (χ4v) is 4.03. The summed E-state index contributed by atoms with van der Waals surface area (Å²) in [5, 5.41) is 0. The Bertz CT molecular complexity index is 912. The van der Waals surface area contributed by atoms with Gasteiger partial charge in [0.05, 0.1) is 24.0 Å². The van der Waals surface area contributed by atoms with Crippen molar-refractivity contribution in [2.45, 2.75) is 45.4 Å². The third-order valence-corrected chi connectivity index (χ3v) is 5.70. The minimum absolute atomic E-state index is 0.00466. The number of benzene rings is 1. The van der Waals surface area contributed by atoms with E-state index in [9.17, 15) is 9.59 Å². The molecule has 1 saturated heterocycles. The second-order valence-electron chi connectivity index (χ2n) is 8.40. The van der Waals surface area contributed by atoms with Crippen molar-refractivity contribution >= 4 is 17.5 Å². The standard InChI is InChI=1S/C24H29N3O4/c1-17(2)23-24(29)27(20-10-3-4-11-21(20)31-23)16-22(28)26(15-19-9-7-13-30-19)14-18-8-5-6-12-25-18/h3-6,8,10-12,17,19,23H,7,9,13-16H2,1-2H3/t19-,23+/m0/s1. The number of hydrogen-bond donors (Lipinski definition) is 0. The van der Waals surface area contributed by atoms with Crippen molar-refractivity contribution in [3.8, 4) is 5.75 Å². The molecule has 7 nitrogen and oxygen atoms in total. The fraction of sp³-hybridized carbons (Fsp3) is 0.458. The number of fused-ring (bicyclic) bond motifs is 1. The number of hydrogen-bond acceptors (Lipinski definition) is 5. The summed E-state index contributed by atoms with van der Waals surface area (Å²) in [4.78, 5) is 34.3. The highest BCUT2D eigenvalue weighted by Crippen LogP contribution is 2.35. The van der Waals surface area contributed by atoms with E-state index >= 15 is 0 Å². The zero-order valence-electron chi connectivity index (χ0n) is 18.1. The first-order valence-electron chi connectivity index (χ1n) is 10.9. The molecular formula is C24H29N3O4. The number of pyridine rings is 1. The summed E-state index contributed by atoms with van der Waals surface area (Å²) in [5.41, 5.74) is 1.44. The fourth-order valence-electron chi connectivity index (χ4n) is 4.03. The molecule has 164 valence electrons. The minimum Gasteiger partial charge on any atom is -0.478 e. The molecule has 2 aromatic rings. The van der Waals surface area contributed by atoms with Crippen LogP contribution in [0.4, 0.5) is 5.69 Å². The second-order valence-corrected chi connectivity index (χ2v) is 8.40. The van der Waals surface area contributed by atoms with Crippen LogP contribution in [0.25, 0.3) is 0 Å². The zero-order valence-corrected chi connectivity index (χ0v) is 18.1. The van der Waals surface area contributed by atoms with E-state index in [4.69, 9.17) is 9.47 Å². The Morgan fingerprint density at radius 1 is 1.23 bits per heavy atom. The molecular weight excluding hydrogens is 394 g/mol. The molecule has 0 N–H and O–H groups in total. The van der Waals surface area contributed by atoms with Gasteiger partial charge in [0, 0.05) is 19.3 Å². The number of anilines is 1. The van der Waals surface area contributed by atoms with Gasteiger partial charge in [0.15, 0.2) is 6.10 Å². The van der Waals surface area contributed by atoms with Gasteiger partial charge in [-0.2, -0.15) is 0 Å². The van der Waals surface area contributed by atoms with Gasteiger partial charge < -0.3 is 14.4 Å². The minimum atomic E-state index is -0.606. The molecule has 2 aliphatic rings. The highest BCUT2D eigenvalue weighted by Gasteiger charge is 2.38. The van der Waals surface area contributed by atoms with E-state index in [2.05, 4.69) is 4.98 Å². The molecule has 2 aliphatic heterocycles. The molecule has 2 amide bonds. The van der Waals surface area contributed by atoms with Gasteiger partial charge in [-0.1, -0.05) is 32.0 Å². The molecule has 0 aliphatic carbocycles. The normalized spacial score (nSPS) is 20.5. The van der Waals surface area contributed by atoms with Gasteiger partial charge in [0.2, 0.25) is 5.91 Å². The summed E-state index contributed by atoms with van der Waals surface area (Å²) in [7, 11) is 0.